The number of benzene rings is 1. The van der Waals surface area contributed by atoms with Gasteiger partial charge in [-0.25, -0.2) is 6.82 Å². The van der Waals surface area contributed by atoms with Crippen LogP contribution in [-0.2, 0) is 0 Å². The maximum atomic E-state index is 5.87. The molecule has 0 atom stereocenters. The van der Waals surface area contributed by atoms with Gasteiger partial charge in [0.1, 0.15) is 0 Å². The first kappa shape index (κ1) is 7.68. The summed E-state index contributed by atoms with van der Waals surface area (Å²) in [5.41, 5.74) is 2.31. The molecule has 0 aliphatic heterocycles. The first-order valence-corrected chi connectivity index (χ1v) is 3.67. The van der Waals surface area contributed by atoms with Crippen LogP contribution in [0.3, 0.4) is 0 Å². The molecule has 0 fully saturated rings. The van der Waals surface area contributed by atoms with Crippen LogP contribution in [0.1, 0.15) is 5.56 Å². The highest BCUT2D eigenvalue weighted by molar-refractivity contribution is 6.52. The van der Waals surface area contributed by atoms with Crippen molar-refractivity contribution < 1.29 is 0 Å². The Balaban J connectivity index is 3.04. The van der Waals surface area contributed by atoms with E-state index in [0.717, 1.165) is 10.6 Å². The van der Waals surface area contributed by atoms with Gasteiger partial charge in [-0.1, -0.05) is 23.7 Å². The van der Waals surface area contributed by atoms with E-state index >= 15 is 0 Å². The van der Waals surface area contributed by atoms with Gasteiger partial charge in [-0.05, 0) is 12.5 Å². The molecule has 0 saturated carbocycles. The molecule has 0 aliphatic rings. The van der Waals surface area contributed by atoms with Crippen molar-refractivity contribution in [2.75, 3.05) is 0 Å². The van der Waals surface area contributed by atoms with E-state index in [4.69, 9.17) is 11.6 Å². The minimum atomic E-state index is 0.843. The molecular formula is C8H9BCl-. The summed E-state index contributed by atoms with van der Waals surface area (Å²) >= 11 is 5.87. The van der Waals surface area contributed by atoms with Crippen LogP contribution in [0.15, 0.2) is 18.2 Å². The Morgan fingerprint density at radius 1 is 1.40 bits per heavy atom. The fourth-order valence-electron chi connectivity index (χ4n) is 0.789. The second-order valence-electron chi connectivity index (χ2n) is 2.30. The van der Waals surface area contributed by atoms with Crippen LogP contribution in [-0.4, -0.2) is 7.28 Å². The van der Waals surface area contributed by atoms with Gasteiger partial charge in [0.25, 0.3) is 0 Å². The quantitative estimate of drug-likeness (QED) is 0.539. The van der Waals surface area contributed by atoms with Crippen LogP contribution in [0.2, 0.25) is 11.8 Å². The molecule has 0 nitrogen and oxygen atoms in total. The van der Waals surface area contributed by atoms with Gasteiger partial charge in [0.05, 0.1) is 0 Å². The van der Waals surface area contributed by atoms with Gasteiger partial charge in [0.2, 0.25) is 0 Å². The lowest BCUT2D eigenvalue weighted by molar-refractivity contribution is 1.49. The summed E-state index contributed by atoms with van der Waals surface area (Å²) in [5.74, 6) is 0. The number of rotatable bonds is 1. The molecule has 0 spiro atoms. The van der Waals surface area contributed by atoms with Gasteiger partial charge >= 0.3 is 0 Å². The molecule has 10 heavy (non-hydrogen) atoms. The minimum Gasteiger partial charge on any atom is -0.301 e. The van der Waals surface area contributed by atoms with Crippen LogP contribution in [0.5, 0.6) is 0 Å². The van der Waals surface area contributed by atoms with Crippen molar-refractivity contribution in [2.45, 2.75) is 13.7 Å². The van der Waals surface area contributed by atoms with Gasteiger partial charge in [-0.3, -0.25) is 5.46 Å². The molecule has 1 rings (SSSR count). The molecule has 0 amide bonds. The topological polar surface area (TPSA) is 0 Å². The van der Waals surface area contributed by atoms with Crippen molar-refractivity contribution >= 4 is 24.3 Å². The molecule has 1 aromatic carbocycles. The number of hydrogen-bond donors (Lipinski definition) is 0. The zero-order chi connectivity index (χ0) is 7.56. The zero-order valence-electron chi connectivity index (χ0n) is 6.19. The van der Waals surface area contributed by atoms with E-state index in [9.17, 15) is 0 Å². The molecule has 0 heterocycles. The Labute approximate surface area is 67.5 Å². The largest absolute Gasteiger partial charge is 0.301 e. The molecule has 0 aliphatic carbocycles. The fraction of sp³-hybridized carbons (Fsp3) is 0.250. The number of halogens is 1. The van der Waals surface area contributed by atoms with Crippen molar-refractivity contribution in [2.24, 2.45) is 0 Å². The van der Waals surface area contributed by atoms with E-state index in [1.165, 1.54) is 5.46 Å². The summed E-state index contributed by atoms with van der Waals surface area (Å²) in [6.45, 7) is 4.00. The molecule has 1 aromatic rings. The number of aryl methyl sites for hydroxylation is 1. The molecule has 52 valence electrons. The molecule has 0 unspecified atom stereocenters. The third-order valence-electron chi connectivity index (χ3n) is 1.53. The van der Waals surface area contributed by atoms with E-state index in [1.807, 2.05) is 33.2 Å². The van der Waals surface area contributed by atoms with Crippen molar-refractivity contribution in [1.82, 2.24) is 0 Å². The Bertz CT molecular complexity index is 233. The van der Waals surface area contributed by atoms with Crippen molar-refractivity contribution in [3.8, 4) is 0 Å². The lowest BCUT2D eigenvalue weighted by atomic mass is 9.73. The summed E-state index contributed by atoms with van der Waals surface area (Å²) < 4.78 is 0. The first-order chi connectivity index (χ1) is 4.74. The molecule has 0 aromatic heterocycles. The third kappa shape index (κ3) is 1.54. The van der Waals surface area contributed by atoms with Crippen LogP contribution >= 0.6 is 11.6 Å². The highest BCUT2D eigenvalue weighted by atomic mass is 35.5. The van der Waals surface area contributed by atoms with Gasteiger partial charge in [0, 0.05) is 5.02 Å². The van der Waals surface area contributed by atoms with E-state index in [0.29, 0.717) is 0 Å². The molecule has 0 bridgehead atoms. The highest BCUT2D eigenvalue weighted by Gasteiger charge is 1.88. The van der Waals surface area contributed by atoms with Crippen LogP contribution in [0.25, 0.3) is 0 Å². The predicted molar refractivity (Wildman–Crippen MR) is 47.4 cm³/mol. The lowest BCUT2D eigenvalue weighted by Gasteiger charge is -2.09. The summed E-state index contributed by atoms with van der Waals surface area (Å²) in [7, 11) is 2.03. The number of hydrogen-bond acceptors (Lipinski definition) is 0. The Morgan fingerprint density at radius 3 is 2.60 bits per heavy atom. The minimum absolute atomic E-state index is 0.843. The van der Waals surface area contributed by atoms with E-state index in [1.54, 1.807) is 0 Å². The van der Waals surface area contributed by atoms with E-state index in [-0.39, 0.29) is 0 Å². The summed E-state index contributed by atoms with van der Waals surface area (Å²) in [4.78, 5) is 0. The van der Waals surface area contributed by atoms with E-state index < -0.39 is 0 Å². The summed E-state index contributed by atoms with van der Waals surface area (Å²) in [6, 6.07) is 6.05. The summed E-state index contributed by atoms with van der Waals surface area (Å²) in [5, 5.41) is 0.843. The van der Waals surface area contributed by atoms with Gasteiger partial charge in [-0.15, -0.1) is 6.07 Å². The monoisotopic (exact) mass is 151 g/mol. The second kappa shape index (κ2) is 3.11. The molecule has 2 radical (unpaired) electrons. The molecule has 0 N–H and O–H groups in total. The maximum absolute atomic E-state index is 5.87. The third-order valence-corrected chi connectivity index (χ3v) is 1.94. The van der Waals surface area contributed by atoms with Crippen molar-refractivity contribution in [3.05, 3.63) is 28.8 Å². The average Bonchev–Trinajstić information content (AvgIpc) is 1.95. The van der Waals surface area contributed by atoms with Crippen LogP contribution < -0.4 is 5.46 Å². The average molecular weight is 151 g/mol. The first-order valence-electron chi connectivity index (χ1n) is 3.29. The fourth-order valence-corrected chi connectivity index (χ4v) is 0.978. The SMILES string of the molecule is C[B-]c1ccc(C)c(Cl)c1. The smallest absolute Gasteiger partial charge is 0.0401 e. The van der Waals surface area contributed by atoms with E-state index in [2.05, 4.69) is 6.07 Å². The Hall–Kier alpha value is -0.425. The van der Waals surface area contributed by atoms with Gasteiger partial charge < -0.3 is 7.28 Å². The zero-order valence-corrected chi connectivity index (χ0v) is 6.94. The van der Waals surface area contributed by atoms with Gasteiger partial charge in [0.15, 0.2) is 0 Å². The van der Waals surface area contributed by atoms with Crippen molar-refractivity contribution in [3.63, 3.8) is 0 Å². The summed E-state index contributed by atoms with van der Waals surface area (Å²) in [6.07, 6.45) is 0. The molecular weight excluding hydrogens is 142 g/mol. The predicted octanol–water partition coefficient (Wildman–Crippen LogP) is 2.03. The van der Waals surface area contributed by atoms with Crippen molar-refractivity contribution in [1.29, 1.82) is 0 Å². The standard InChI is InChI=1S/C8H9BCl/c1-6-3-4-7(9-2)5-8(6)10/h3-5H,1-2H3/q-1. The van der Waals surface area contributed by atoms with Gasteiger partial charge in [-0.2, -0.15) is 0 Å². The van der Waals surface area contributed by atoms with Crippen LogP contribution in [0.4, 0.5) is 0 Å². The Morgan fingerprint density at radius 2 is 2.10 bits per heavy atom. The normalized spacial score (nSPS) is 9.90. The maximum Gasteiger partial charge on any atom is 0.0401 e. The molecule has 0 saturated heterocycles. The highest BCUT2D eigenvalue weighted by Crippen LogP contribution is 2.11. The molecule has 2 heteroatoms. The Kier molecular flexibility index (Phi) is 2.39. The van der Waals surface area contributed by atoms with Crippen LogP contribution in [0, 0.1) is 6.92 Å². The lowest BCUT2D eigenvalue weighted by Crippen LogP contribution is -2.09. The second-order valence-corrected chi connectivity index (χ2v) is 2.70.